The van der Waals surface area contributed by atoms with Crippen LogP contribution >= 0.6 is 27.3 Å². The van der Waals surface area contributed by atoms with Gasteiger partial charge in [-0.15, -0.1) is 11.3 Å². The van der Waals surface area contributed by atoms with Crippen molar-refractivity contribution in [2.45, 2.75) is 19.0 Å². The molecule has 1 N–H and O–H groups in total. The summed E-state index contributed by atoms with van der Waals surface area (Å²) >= 11 is 4.55. The number of hydrogen-bond donors (Lipinski definition) is 1. The van der Waals surface area contributed by atoms with Gasteiger partial charge in [-0.1, -0.05) is 0 Å². The minimum absolute atomic E-state index is 0.0335. The van der Waals surface area contributed by atoms with Gasteiger partial charge in [0.15, 0.2) is 0 Å². The van der Waals surface area contributed by atoms with E-state index in [1.165, 1.54) is 11.3 Å². The molecule has 0 saturated carbocycles. The highest BCUT2D eigenvalue weighted by Gasteiger charge is 2.25. The molecule has 0 aromatic carbocycles. The van der Waals surface area contributed by atoms with Crippen LogP contribution in [-0.2, 0) is 0 Å². The first-order chi connectivity index (χ1) is 7.38. The van der Waals surface area contributed by atoms with Gasteiger partial charge in [0.1, 0.15) is 0 Å². The molecule has 0 spiro atoms. The maximum atomic E-state index is 11.8. The predicted molar refractivity (Wildman–Crippen MR) is 59.6 cm³/mol. The van der Waals surface area contributed by atoms with E-state index >= 15 is 0 Å². The van der Waals surface area contributed by atoms with E-state index in [9.17, 15) is 18.0 Å². The summed E-state index contributed by atoms with van der Waals surface area (Å²) in [5.74, 6) is -0.343. The van der Waals surface area contributed by atoms with Crippen molar-refractivity contribution in [1.29, 1.82) is 0 Å². The fourth-order valence-electron chi connectivity index (χ4n) is 1.02. The Labute approximate surface area is 103 Å². The summed E-state index contributed by atoms with van der Waals surface area (Å²) in [6, 6.07) is 1.63. The Balaban J connectivity index is 2.26. The Morgan fingerprint density at radius 1 is 1.50 bits per heavy atom. The van der Waals surface area contributed by atoms with Gasteiger partial charge in [-0.05, 0) is 28.4 Å². The Morgan fingerprint density at radius 2 is 2.19 bits per heavy atom. The summed E-state index contributed by atoms with van der Waals surface area (Å²) in [4.78, 5) is 11.4. The zero-order valence-corrected chi connectivity index (χ0v) is 10.5. The molecule has 0 radical (unpaired) electrons. The molecule has 1 amide bonds. The van der Waals surface area contributed by atoms with E-state index in [1.54, 1.807) is 11.4 Å². The van der Waals surface area contributed by atoms with Crippen LogP contribution in [0.25, 0.3) is 0 Å². The third kappa shape index (κ3) is 4.98. The van der Waals surface area contributed by atoms with Crippen LogP contribution in [0.4, 0.5) is 13.2 Å². The van der Waals surface area contributed by atoms with E-state index in [4.69, 9.17) is 0 Å². The Kier molecular flexibility index (Phi) is 4.79. The van der Waals surface area contributed by atoms with Gasteiger partial charge in [0.25, 0.3) is 5.91 Å². The monoisotopic (exact) mass is 315 g/mol. The molecule has 0 atom stereocenters. The highest BCUT2D eigenvalue weighted by molar-refractivity contribution is 9.11. The average Bonchev–Trinajstić information content (AvgIpc) is 2.57. The van der Waals surface area contributed by atoms with Crippen molar-refractivity contribution in [3.05, 3.63) is 20.8 Å². The van der Waals surface area contributed by atoms with Gasteiger partial charge in [0, 0.05) is 18.3 Å². The highest BCUT2D eigenvalue weighted by atomic mass is 79.9. The van der Waals surface area contributed by atoms with Crippen molar-refractivity contribution in [2.75, 3.05) is 6.54 Å². The van der Waals surface area contributed by atoms with Crippen LogP contribution in [0.1, 0.15) is 23.2 Å². The van der Waals surface area contributed by atoms with Crippen molar-refractivity contribution in [2.24, 2.45) is 0 Å². The Morgan fingerprint density at radius 3 is 2.69 bits per heavy atom. The molecule has 2 nitrogen and oxygen atoms in total. The van der Waals surface area contributed by atoms with Gasteiger partial charge < -0.3 is 5.32 Å². The lowest BCUT2D eigenvalue weighted by molar-refractivity contribution is -0.135. The molecule has 0 bridgehead atoms. The third-order valence-electron chi connectivity index (χ3n) is 1.75. The van der Waals surface area contributed by atoms with Gasteiger partial charge in [-0.3, -0.25) is 4.79 Å². The van der Waals surface area contributed by atoms with Crippen molar-refractivity contribution in [3.63, 3.8) is 0 Å². The summed E-state index contributed by atoms with van der Waals surface area (Å²) in [5, 5.41) is 4.07. The minimum atomic E-state index is -4.16. The van der Waals surface area contributed by atoms with Crippen molar-refractivity contribution in [1.82, 2.24) is 5.32 Å². The summed E-state index contributed by atoms with van der Waals surface area (Å²) in [6.45, 7) is 0.0335. The first-order valence-electron chi connectivity index (χ1n) is 4.47. The number of nitrogens with one attached hydrogen (secondary N) is 1. The van der Waals surface area contributed by atoms with E-state index < -0.39 is 12.6 Å². The lowest BCUT2D eigenvalue weighted by atomic mass is 10.3. The Hall–Kier alpha value is -0.560. The normalized spacial score (nSPS) is 11.5. The summed E-state index contributed by atoms with van der Waals surface area (Å²) in [7, 11) is 0. The number of alkyl halides is 3. The fraction of sp³-hybridized carbons (Fsp3) is 0.444. The van der Waals surface area contributed by atoms with Crippen LogP contribution < -0.4 is 5.32 Å². The first kappa shape index (κ1) is 13.5. The smallest absolute Gasteiger partial charge is 0.352 e. The number of hydrogen-bond acceptors (Lipinski definition) is 2. The van der Waals surface area contributed by atoms with Crippen LogP contribution in [-0.4, -0.2) is 18.6 Å². The highest BCUT2D eigenvalue weighted by Crippen LogP contribution is 2.21. The number of amides is 1. The summed E-state index contributed by atoms with van der Waals surface area (Å²) < 4.78 is 36.2. The number of carbonyl (C=O) groups excluding carboxylic acids is 1. The van der Waals surface area contributed by atoms with E-state index in [2.05, 4.69) is 21.2 Å². The lowest BCUT2D eigenvalue weighted by Gasteiger charge is -2.06. The molecule has 0 aliphatic heterocycles. The molecule has 16 heavy (non-hydrogen) atoms. The van der Waals surface area contributed by atoms with Gasteiger partial charge in [0.2, 0.25) is 0 Å². The number of rotatable bonds is 4. The molecule has 0 saturated heterocycles. The van der Waals surface area contributed by atoms with Crippen LogP contribution in [0.3, 0.4) is 0 Å². The molecular weight excluding hydrogens is 307 g/mol. The topological polar surface area (TPSA) is 29.1 Å². The second-order valence-electron chi connectivity index (χ2n) is 3.11. The summed E-state index contributed by atoms with van der Waals surface area (Å²) in [6.07, 6.45) is -5.13. The zero-order valence-electron chi connectivity index (χ0n) is 8.10. The van der Waals surface area contributed by atoms with Gasteiger partial charge in [-0.25, -0.2) is 0 Å². The summed E-state index contributed by atoms with van der Waals surface area (Å²) in [5.41, 5.74) is 0.462. The fourth-order valence-corrected chi connectivity index (χ4v) is 2.16. The van der Waals surface area contributed by atoms with E-state index in [1.807, 2.05) is 0 Å². The van der Waals surface area contributed by atoms with Crippen molar-refractivity contribution >= 4 is 33.2 Å². The molecular formula is C9H9BrF3NOS. The molecule has 0 unspecified atom stereocenters. The molecule has 0 aliphatic rings. The van der Waals surface area contributed by atoms with Crippen molar-refractivity contribution < 1.29 is 18.0 Å². The largest absolute Gasteiger partial charge is 0.389 e. The Bertz CT molecular complexity index is 364. The molecule has 1 rings (SSSR count). The maximum Gasteiger partial charge on any atom is 0.389 e. The zero-order chi connectivity index (χ0) is 12.2. The van der Waals surface area contributed by atoms with Crippen molar-refractivity contribution in [3.8, 4) is 0 Å². The molecule has 1 aromatic heterocycles. The van der Waals surface area contributed by atoms with Crippen LogP contribution in [0.15, 0.2) is 15.2 Å². The molecule has 1 aromatic rings. The van der Waals surface area contributed by atoms with Gasteiger partial charge in [0.05, 0.1) is 9.35 Å². The average molecular weight is 316 g/mol. The molecule has 0 aliphatic carbocycles. The first-order valence-corrected chi connectivity index (χ1v) is 6.15. The molecule has 0 fully saturated rings. The number of halogens is 4. The number of thiophene rings is 1. The molecule has 90 valence electrons. The minimum Gasteiger partial charge on any atom is -0.352 e. The van der Waals surface area contributed by atoms with Crippen LogP contribution in [0.5, 0.6) is 0 Å². The SMILES string of the molecule is O=C(NCCCC(F)(F)F)c1csc(Br)c1. The second kappa shape index (κ2) is 5.67. The quantitative estimate of drug-likeness (QED) is 0.845. The molecule has 1 heterocycles. The van der Waals surface area contributed by atoms with E-state index in [0.29, 0.717) is 5.56 Å². The number of carbonyl (C=O) groups is 1. The molecule has 7 heteroatoms. The van der Waals surface area contributed by atoms with Gasteiger partial charge in [-0.2, -0.15) is 13.2 Å². The maximum absolute atomic E-state index is 11.8. The van der Waals surface area contributed by atoms with Crippen LogP contribution in [0.2, 0.25) is 0 Å². The third-order valence-corrected chi connectivity index (χ3v) is 3.26. The second-order valence-corrected chi connectivity index (χ2v) is 5.40. The van der Waals surface area contributed by atoms with Crippen LogP contribution in [0, 0.1) is 0 Å². The van der Waals surface area contributed by atoms with E-state index in [0.717, 1.165) is 3.79 Å². The van der Waals surface area contributed by atoms with E-state index in [-0.39, 0.29) is 18.9 Å². The van der Waals surface area contributed by atoms with Gasteiger partial charge >= 0.3 is 6.18 Å². The standard InChI is InChI=1S/C9H9BrF3NOS/c10-7-4-6(5-16-7)8(15)14-3-1-2-9(11,12)13/h4-5H,1-3H2,(H,14,15). The predicted octanol–water partition coefficient (Wildman–Crippen LogP) is 3.58. The lowest BCUT2D eigenvalue weighted by Crippen LogP contribution is -2.25.